The molecule has 4 heterocycles. The van der Waals surface area contributed by atoms with Gasteiger partial charge >= 0.3 is 5.97 Å². The molecule has 0 unspecified atom stereocenters. The lowest BCUT2D eigenvalue weighted by Gasteiger charge is -2.30. The molecule has 55 heavy (non-hydrogen) atoms. The lowest BCUT2D eigenvalue weighted by Crippen LogP contribution is -2.57. The molecule has 306 valence electrons. The van der Waals surface area contributed by atoms with Crippen molar-refractivity contribution < 1.29 is 38.7 Å². The maximum atomic E-state index is 13.6. The largest absolute Gasteiger partial charge is 0.480 e. The molecular weight excluding hydrogens is 718 g/mol. The van der Waals surface area contributed by atoms with Crippen LogP contribution in [0, 0.1) is 0 Å². The van der Waals surface area contributed by atoms with Crippen molar-refractivity contribution in [2.45, 2.75) is 113 Å². The number of rotatable bonds is 18. The number of amides is 6. The van der Waals surface area contributed by atoms with Crippen LogP contribution in [0.15, 0.2) is 9.98 Å². The van der Waals surface area contributed by atoms with Gasteiger partial charge in [-0.25, -0.2) is 4.79 Å². The molecule has 4 aliphatic rings. The SMILES string of the molecule is NC(N)=NCCC[C@H](NC(=O)[C@@H]1CCCN1C(=O)[C@@H]1CCCN1)C(=O)NCC(=O)N1CCC[C@H]1C(=O)N[C@@H](CCCN=C(N)N)C(=O)N1CCC[C@H]1C(=O)O. The zero-order valence-electron chi connectivity index (χ0n) is 31.2. The van der Waals surface area contributed by atoms with Gasteiger partial charge in [0.05, 0.1) is 12.6 Å². The number of hydrogen-bond donors (Lipinski definition) is 9. The van der Waals surface area contributed by atoms with E-state index >= 15 is 0 Å². The van der Waals surface area contributed by atoms with E-state index in [4.69, 9.17) is 22.9 Å². The molecule has 0 aromatic rings. The van der Waals surface area contributed by atoms with Gasteiger partial charge in [-0.05, 0) is 83.6 Å². The molecule has 13 N–H and O–H groups in total. The molecule has 6 amide bonds. The van der Waals surface area contributed by atoms with Crippen LogP contribution in [-0.4, -0.2) is 155 Å². The third-order valence-corrected chi connectivity index (χ3v) is 10.4. The van der Waals surface area contributed by atoms with Gasteiger partial charge in [-0.3, -0.25) is 38.8 Å². The van der Waals surface area contributed by atoms with Crippen LogP contribution >= 0.6 is 0 Å². The Balaban J connectivity index is 1.38. The molecule has 0 radical (unpaired) electrons. The van der Waals surface area contributed by atoms with E-state index in [-0.39, 0.29) is 62.9 Å². The standard InChI is InChI=1S/C34H57N13O8/c35-33(36)40-14-1-7-20(43-29(51)24-11-5-17-46(24)30(52)21-8-2-13-39-21)27(49)42-19-26(48)45-16-4-10-23(45)28(50)44-22(9-3-15-41-34(37)38)31(53)47-18-6-12-25(47)32(54)55/h20-25,39H,1-19H2,(H,42,49)(H,43,51)(H,44,50)(H,54,55)(H4,35,36,40)(H4,37,38,41)/t20-,21-,22-,23-,24-,25-/m0/s1. The number of carbonyl (C=O) groups excluding carboxylic acids is 6. The minimum atomic E-state index is -1.13. The number of carboxylic acids is 1. The first-order valence-corrected chi connectivity index (χ1v) is 19.1. The smallest absolute Gasteiger partial charge is 0.326 e. The average Bonchev–Trinajstić information content (AvgIpc) is 3.99. The van der Waals surface area contributed by atoms with Crippen molar-refractivity contribution in [3.8, 4) is 0 Å². The van der Waals surface area contributed by atoms with Crippen LogP contribution < -0.4 is 44.2 Å². The molecule has 4 aliphatic heterocycles. The number of nitrogens with one attached hydrogen (secondary N) is 4. The number of carbonyl (C=O) groups is 7. The summed E-state index contributed by atoms with van der Waals surface area (Å²) < 4.78 is 0. The molecule has 21 nitrogen and oxygen atoms in total. The van der Waals surface area contributed by atoms with Gasteiger partial charge in [0.25, 0.3) is 0 Å². The molecule has 0 aromatic carbocycles. The van der Waals surface area contributed by atoms with E-state index in [0.717, 1.165) is 13.0 Å². The van der Waals surface area contributed by atoms with Gasteiger partial charge < -0.3 is 64.0 Å². The molecule has 0 aliphatic carbocycles. The van der Waals surface area contributed by atoms with Crippen molar-refractivity contribution >= 4 is 53.3 Å². The predicted octanol–water partition coefficient (Wildman–Crippen LogP) is -4.01. The number of nitrogens with zero attached hydrogens (tertiary/aromatic N) is 5. The minimum Gasteiger partial charge on any atom is -0.480 e. The number of hydrogen-bond acceptors (Lipinski definition) is 10. The summed E-state index contributed by atoms with van der Waals surface area (Å²) >= 11 is 0. The molecule has 4 rings (SSSR count). The van der Waals surface area contributed by atoms with Crippen LogP contribution in [0.25, 0.3) is 0 Å². The van der Waals surface area contributed by atoms with Crippen LogP contribution in [0.2, 0.25) is 0 Å². The zero-order valence-corrected chi connectivity index (χ0v) is 31.2. The van der Waals surface area contributed by atoms with E-state index in [1.54, 1.807) is 4.90 Å². The number of aliphatic carboxylic acids is 1. The summed E-state index contributed by atoms with van der Waals surface area (Å²) in [4.78, 5) is 105. The first-order chi connectivity index (χ1) is 26.3. The Morgan fingerprint density at radius 1 is 0.691 bits per heavy atom. The van der Waals surface area contributed by atoms with E-state index in [1.807, 2.05) is 0 Å². The molecule has 0 spiro atoms. The number of guanidine groups is 2. The summed E-state index contributed by atoms with van der Waals surface area (Å²) in [6, 6.07) is -5.18. The summed E-state index contributed by atoms with van der Waals surface area (Å²) in [5.41, 5.74) is 21.7. The fourth-order valence-corrected chi connectivity index (χ4v) is 7.68. The summed E-state index contributed by atoms with van der Waals surface area (Å²) in [5.74, 6) is -4.30. The average molecular weight is 776 g/mol. The topological polar surface area (TPSA) is 326 Å². The number of likely N-dealkylation sites (tertiary alicyclic amines) is 3. The molecule has 4 saturated heterocycles. The second kappa shape index (κ2) is 20.5. The molecule has 21 heteroatoms. The van der Waals surface area contributed by atoms with Gasteiger partial charge in [-0.15, -0.1) is 0 Å². The number of carboxylic acid groups (broad SMARTS) is 1. The molecule has 0 saturated carbocycles. The van der Waals surface area contributed by atoms with Crippen LogP contribution in [0.3, 0.4) is 0 Å². The summed E-state index contributed by atoms with van der Waals surface area (Å²) in [5, 5.41) is 20.9. The molecule has 0 aromatic heterocycles. The maximum Gasteiger partial charge on any atom is 0.326 e. The Morgan fingerprint density at radius 2 is 1.22 bits per heavy atom. The van der Waals surface area contributed by atoms with Crippen LogP contribution in [-0.2, 0) is 33.6 Å². The Hall–Kier alpha value is -5.21. The van der Waals surface area contributed by atoms with Crippen LogP contribution in [0.4, 0.5) is 0 Å². The highest BCUT2D eigenvalue weighted by molar-refractivity contribution is 5.96. The third-order valence-electron chi connectivity index (χ3n) is 10.4. The Bertz CT molecular complexity index is 1480. The van der Waals surface area contributed by atoms with Gasteiger partial charge in [-0.2, -0.15) is 0 Å². The van der Waals surface area contributed by atoms with Gasteiger partial charge in [0, 0.05) is 32.7 Å². The minimum absolute atomic E-state index is 0.123. The van der Waals surface area contributed by atoms with Crippen molar-refractivity contribution in [1.82, 2.24) is 36.0 Å². The van der Waals surface area contributed by atoms with Crippen molar-refractivity contribution in [2.75, 3.05) is 45.8 Å². The van der Waals surface area contributed by atoms with Crippen LogP contribution in [0.1, 0.15) is 77.0 Å². The summed E-state index contributed by atoms with van der Waals surface area (Å²) in [6.45, 7) is 1.53. The van der Waals surface area contributed by atoms with Crippen molar-refractivity contribution in [3.63, 3.8) is 0 Å². The second-order valence-corrected chi connectivity index (χ2v) is 14.3. The maximum absolute atomic E-state index is 13.6. The van der Waals surface area contributed by atoms with E-state index in [9.17, 15) is 38.7 Å². The Morgan fingerprint density at radius 3 is 1.78 bits per heavy atom. The fourth-order valence-electron chi connectivity index (χ4n) is 7.68. The first-order valence-electron chi connectivity index (χ1n) is 19.1. The monoisotopic (exact) mass is 775 g/mol. The van der Waals surface area contributed by atoms with Gasteiger partial charge in [-0.1, -0.05) is 0 Å². The normalized spacial score (nSPS) is 23.1. The van der Waals surface area contributed by atoms with Crippen molar-refractivity contribution in [3.05, 3.63) is 0 Å². The van der Waals surface area contributed by atoms with E-state index in [1.165, 1.54) is 9.80 Å². The highest BCUT2D eigenvalue weighted by Gasteiger charge is 2.41. The molecule has 6 atom stereocenters. The van der Waals surface area contributed by atoms with Crippen molar-refractivity contribution in [1.29, 1.82) is 0 Å². The van der Waals surface area contributed by atoms with Gasteiger partial charge in [0.15, 0.2) is 11.9 Å². The fraction of sp³-hybridized carbons (Fsp3) is 0.735. The lowest BCUT2D eigenvalue weighted by atomic mass is 10.1. The molecule has 0 bridgehead atoms. The second-order valence-electron chi connectivity index (χ2n) is 14.3. The summed E-state index contributed by atoms with van der Waals surface area (Å²) in [6.07, 6.45) is 5.16. The molecular formula is C34H57N13O8. The third kappa shape index (κ3) is 11.9. The Labute approximate surface area is 319 Å². The van der Waals surface area contributed by atoms with E-state index in [2.05, 4.69) is 31.3 Å². The lowest BCUT2D eigenvalue weighted by molar-refractivity contribution is -0.149. The zero-order chi connectivity index (χ0) is 40.1. The highest BCUT2D eigenvalue weighted by Crippen LogP contribution is 2.23. The van der Waals surface area contributed by atoms with E-state index < -0.39 is 72.3 Å². The van der Waals surface area contributed by atoms with Gasteiger partial charge in [0.2, 0.25) is 35.4 Å². The van der Waals surface area contributed by atoms with Crippen LogP contribution in [0.5, 0.6) is 0 Å². The van der Waals surface area contributed by atoms with Gasteiger partial charge in [0.1, 0.15) is 30.2 Å². The quantitative estimate of drug-likeness (QED) is 0.0365. The predicted molar refractivity (Wildman–Crippen MR) is 200 cm³/mol. The van der Waals surface area contributed by atoms with Crippen molar-refractivity contribution in [2.24, 2.45) is 32.9 Å². The highest BCUT2D eigenvalue weighted by atomic mass is 16.4. The molecule has 4 fully saturated rings. The Kier molecular flexibility index (Phi) is 15.8. The van der Waals surface area contributed by atoms with E-state index in [0.29, 0.717) is 64.3 Å². The number of nitrogens with two attached hydrogens (primary N) is 4. The first kappa shape index (κ1) is 42.5. The number of aliphatic imine (C=N–C) groups is 2. The summed E-state index contributed by atoms with van der Waals surface area (Å²) in [7, 11) is 0.